The summed E-state index contributed by atoms with van der Waals surface area (Å²) in [5, 5.41) is 3.86. The lowest BCUT2D eigenvalue weighted by atomic mass is 9.91. The number of amides is 1. The second kappa shape index (κ2) is 8.08. The Morgan fingerprint density at radius 1 is 1.27 bits per heavy atom. The largest absolute Gasteiger partial charge is 0.417 e. The number of benzene rings is 1. The molecule has 3 aromatic rings. The van der Waals surface area contributed by atoms with Gasteiger partial charge in [-0.3, -0.25) is 4.79 Å². The van der Waals surface area contributed by atoms with E-state index in [4.69, 9.17) is 4.52 Å². The normalized spacial score (nSPS) is 17.5. The molecule has 0 bridgehead atoms. The van der Waals surface area contributed by atoms with Crippen molar-refractivity contribution < 1.29 is 22.5 Å². The number of rotatable bonds is 4. The molecule has 3 heterocycles. The zero-order valence-corrected chi connectivity index (χ0v) is 16.6. The van der Waals surface area contributed by atoms with E-state index < -0.39 is 11.7 Å². The lowest BCUT2D eigenvalue weighted by Crippen LogP contribution is -2.39. The van der Waals surface area contributed by atoms with Gasteiger partial charge in [0.15, 0.2) is 0 Å². The van der Waals surface area contributed by atoms with Crippen LogP contribution >= 0.6 is 0 Å². The fraction of sp³-hybridized carbons (Fsp3) is 0.409. The Kier molecular flexibility index (Phi) is 5.49. The lowest BCUT2D eigenvalue weighted by Gasteiger charge is -2.32. The molecule has 1 aliphatic heterocycles. The summed E-state index contributed by atoms with van der Waals surface area (Å²) in [5.41, 5.74) is 0.654. The van der Waals surface area contributed by atoms with Crippen molar-refractivity contribution in [3.63, 3.8) is 0 Å². The second-order valence-corrected chi connectivity index (χ2v) is 7.72. The van der Waals surface area contributed by atoms with Crippen LogP contribution in [0.5, 0.6) is 0 Å². The molecule has 0 aliphatic carbocycles. The topological polar surface area (TPSA) is 59.2 Å². The smallest absolute Gasteiger partial charge is 0.342 e. The molecule has 30 heavy (non-hydrogen) atoms. The van der Waals surface area contributed by atoms with Crippen molar-refractivity contribution >= 4 is 17.0 Å². The summed E-state index contributed by atoms with van der Waals surface area (Å²) in [4.78, 5) is 18.5. The molecule has 158 valence electrons. The summed E-state index contributed by atoms with van der Waals surface area (Å²) < 4.78 is 46.0. The van der Waals surface area contributed by atoms with Crippen molar-refractivity contribution in [1.82, 2.24) is 15.0 Å². The summed E-state index contributed by atoms with van der Waals surface area (Å²) in [6.07, 6.45) is -2.18. The van der Waals surface area contributed by atoms with E-state index in [1.807, 2.05) is 30.3 Å². The molecular formula is C22H22F3N3O2. The third-order valence-corrected chi connectivity index (χ3v) is 5.54. The van der Waals surface area contributed by atoms with E-state index in [1.165, 1.54) is 6.92 Å². The molecule has 1 saturated heterocycles. The van der Waals surface area contributed by atoms with E-state index in [0.29, 0.717) is 38.8 Å². The Labute approximate surface area is 171 Å². The second-order valence-electron chi connectivity index (χ2n) is 7.72. The summed E-state index contributed by atoms with van der Waals surface area (Å²) in [7, 11) is 0. The van der Waals surface area contributed by atoms with Crippen molar-refractivity contribution in [3.8, 4) is 0 Å². The number of alkyl halides is 3. The minimum atomic E-state index is -4.54. The van der Waals surface area contributed by atoms with Gasteiger partial charge in [-0.2, -0.15) is 13.2 Å². The molecule has 1 amide bonds. The monoisotopic (exact) mass is 417 g/mol. The molecule has 1 unspecified atom stereocenters. The number of carbonyl (C=O) groups is 1. The Balaban J connectivity index is 1.55. The zero-order valence-electron chi connectivity index (χ0n) is 16.6. The number of likely N-dealkylation sites (tertiary alicyclic amines) is 1. The number of hydrogen-bond acceptors (Lipinski definition) is 4. The maximum atomic E-state index is 13.6. The number of carbonyl (C=O) groups excluding carboxylic acids is 1. The van der Waals surface area contributed by atoms with E-state index >= 15 is 0 Å². The summed E-state index contributed by atoms with van der Waals surface area (Å²) in [5.74, 6) is -0.312. The molecular weight excluding hydrogens is 395 g/mol. The van der Waals surface area contributed by atoms with Crippen LogP contribution in [0, 0.1) is 6.92 Å². The Bertz CT molecular complexity index is 1050. The number of hydrogen-bond donors (Lipinski definition) is 0. The highest BCUT2D eigenvalue weighted by atomic mass is 19.4. The van der Waals surface area contributed by atoms with Gasteiger partial charge in [0, 0.05) is 31.1 Å². The van der Waals surface area contributed by atoms with Crippen LogP contribution in [0.25, 0.3) is 11.1 Å². The summed E-state index contributed by atoms with van der Waals surface area (Å²) >= 11 is 0. The molecule has 0 radical (unpaired) electrons. The van der Waals surface area contributed by atoms with Crippen LogP contribution in [0.15, 0.2) is 40.9 Å². The highest BCUT2D eigenvalue weighted by Gasteiger charge is 2.38. The molecule has 5 nitrogen and oxygen atoms in total. The Morgan fingerprint density at radius 2 is 2.03 bits per heavy atom. The third-order valence-electron chi connectivity index (χ3n) is 5.54. The number of nitrogens with zero attached hydrogens (tertiary/aromatic N) is 3. The zero-order chi connectivity index (χ0) is 21.3. The molecule has 4 rings (SSSR count). The van der Waals surface area contributed by atoms with E-state index in [9.17, 15) is 18.0 Å². The van der Waals surface area contributed by atoms with E-state index in [-0.39, 0.29) is 34.3 Å². The Hall–Kier alpha value is -2.90. The van der Waals surface area contributed by atoms with E-state index in [1.54, 1.807) is 4.90 Å². The third kappa shape index (κ3) is 4.17. The van der Waals surface area contributed by atoms with Gasteiger partial charge in [-0.05, 0) is 37.8 Å². The van der Waals surface area contributed by atoms with Crippen LogP contribution in [0.3, 0.4) is 0 Å². The van der Waals surface area contributed by atoms with Gasteiger partial charge in [0.25, 0.3) is 5.71 Å². The average molecular weight is 417 g/mol. The predicted octanol–water partition coefficient (Wildman–Crippen LogP) is 4.89. The van der Waals surface area contributed by atoms with Crippen molar-refractivity contribution in [2.45, 2.75) is 44.7 Å². The molecule has 1 atom stereocenters. The van der Waals surface area contributed by atoms with E-state index in [2.05, 4.69) is 10.1 Å². The summed E-state index contributed by atoms with van der Waals surface area (Å²) in [6.45, 7) is 2.43. The van der Waals surface area contributed by atoms with Gasteiger partial charge in [-0.25, -0.2) is 4.98 Å². The molecule has 2 aromatic heterocycles. The van der Waals surface area contributed by atoms with Gasteiger partial charge in [-0.15, -0.1) is 0 Å². The minimum Gasteiger partial charge on any atom is -0.342 e. The number of pyridine rings is 1. The minimum absolute atomic E-state index is 0.00127. The maximum Gasteiger partial charge on any atom is 0.417 e. The van der Waals surface area contributed by atoms with Crippen molar-refractivity contribution in [2.24, 2.45) is 0 Å². The van der Waals surface area contributed by atoms with Gasteiger partial charge in [-0.1, -0.05) is 35.5 Å². The van der Waals surface area contributed by atoms with Gasteiger partial charge in [0.2, 0.25) is 5.91 Å². The SMILES string of the molecule is Cc1cc(C(F)(F)F)c2c(C3CCCN(C(=O)CCc4ccccc4)C3)noc2n1. The maximum absolute atomic E-state index is 13.6. The summed E-state index contributed by atoms with van der Waals surface area (Å²) in [6, 6.07) is 10.8. The number of piperidine rings is 1. The number of fused-ring (bicyclic) bond motifs is 1. The van der Waals surface area contributed by atoms with Crippen molar-refractivity contribution in [2.75, 3.05) is 13.1 Å². The number of aromatic nitrogens is 2. The van der Waals surface area contributed by atoms with Crippen molar-refractivity contribution in [1.29, 1.82) is 0 Å². The molecule has 1 aromatic carbocycles. The van der Waals surface area contributed by atoms with Crippen LogP contribution in [0.1, 0.15) is 47.7 Å². The van der Waals surface area contributed by atoms with Crippen LogP contribution in [-0.4, -0.2) is 34.0 Å². The van der Waals surface area contributed by atoms with Crippen molar-refractivity contribution in [3.05, 3.63) is 58.9 Å². The molecule has 0 N–H and O–H groups in total. The number of halogens is 3. The first-order chi connectivity index (χ1) is 14.3. The first kappa shape index (κ1) is 20.4. The standard InChI is InChI=1S/C22H22F3N3O2/c1-14-12-17(22(23,24)25)19-20(27-30-21(19)26-14)16-8-5-11-28(13-16)18(29)10-9-15-6-3-2-4-7-15/h2-4,6-7,12,16H,5,8-11,13H2,1H3. The van der Waals surface area contributed by atoms with Crippen LogP contribution in [-0.2, 0) is 17.4 Å². The van der Waals surface area contributed by atoms with Gasteiger partial charge in [0.05, 0.1) is 16.6 Å². The average Bonchev–Trinajstić information content (AvgIpc) is 3.15. The first-order valence-corrected chi connectivity index (χ1v) is 9.98. The lowest BCUT2D eigenvalue weighted by molar-refractivity contribution is -0.136. The van der Waals surface area contributed by atoms with Gasteiger partial charge < -0.3 is 9.42 Å². The molecule has 8 heteroatoms. The quantitative estimate of drug-likeness (QED) is 0.607. The number of aryl methyl sites for hydroxylation is 2. The molecule has 0 saturated carbocycles. The van der Waals surface area contributed by atoms with Crippen LogP contribution in [0.4, 0.5) is 13.2 Å². The van der Waals surface area contributed by atoms with Crippen LogP contribution in [0.2, 0.25) is 0 Å². The predicted molar refractivity (Wildman–Crippen MR) is 105 cm³/mol. The molecule has 1 aliphatic rings. The van der Waals surface area contributed by atoms with Gasteiger partial charge >= 0.3 is 6.18 Å². The first-order valence-electron chi connectivity index (χ1n) is 9.98. The molecule has 0 spiro atoms. The Morgan fingerprint density at radius 3 is 2.77 bits per heavy atom. The fourth-order valence-electron chi connectivity index (χ4n) is 4.08. The highest BCUT2D eigenvalue weighted by Crippen LogP contribution is 2.40. The van der Waals surface area contributed by atoms with Crippen LogP contribution < -0.4 is 0 Å². The highest BCUT2D eigenvalue weighted by molar-refractivity contribution is 5.82. The molecule has 1 fully saturated rings. The van der Waals surface area contributed by atoms with Gasteiger partial charge in [0.1, 0.15) is 0 Å². The fourth-order valence-corrected chi connectivity index (χ4v) is 4.08. The van der Waals surface area contributed by atoms with E-state index in [0.717, 1.165) is 11.6 Å².